The van der Waals surface area contributed by atoms with E-state index in [-0.39, 0.29) is 29.0 Å². The number of ether oxygens (including phenoxy) is 2. The van der Waals surface area contributed by atoms with E-state index in [4.69, 9.17) is 32.7 Å². The number of aryl methyl sites for hydroxylation is 1. The molecule has 26 heavy (non-hydrogen) atoms. The Morgan fingerprint density at radius 3 is 2.46 bits per heavy atom. The van der Waals surface area contributed by atoms with Gasteiger partial charge in [0.2, 0.25) is 5.78 Å². The minimum atomic E-state index is -0.626. The molecule has 2 aromatic rings. The van der Waals surface area contributed by atoms with Crippen molar-refractivity contribution in [3.05, 3.63) is 56.8 Å². The number of rotatable bonds is 7. The molecule has 0 unspecified atom stereocenters. The van der Waals surface area contributed by atoms with Crippen LogP contribution in [-0.2, 0) is 9.47 Å². The van der Waals surface area contributed by atoms with Crippen LogP contribution < -0.4 is 0 Å². The highest BCUT2D eigenvalue weighted by Crippen LogP contribution is 2.24. The third-order valence-electron chi connectivity index (χ3n) is 4.12. The lowest BCUT2D eigenvalue weighted by molar-refractivity contribution is 0.0474. The molecule has 0 aliphatic rings. The van der Waals surface area contributed by atoms with Crippen LogP contribution in [0.4, 0.5) is 0 Å². The second-order valence-corrected chi connectivity index (χ2v) is 6.90. The van der Waals surface area contributed by atoms with Gasteiger partial charge in [0.05, 0.1) is 28.3 Å². The van der Waals surface area contributed by atoms with Crippen molar-refractivity contribution in [3.8, 4) is 0 Å². The number of carbonyl (C=O) groups is 2. The summed E-state index contributed by atoms with van der Waals surface area (Å²) in [4.78, 5) is 24.6. The fourth-order valence-electron chi connectivity index (χ4n) is 2.97. The number of carbonyl (C=O) groups excluding carboxylic acids is 2. The first-order chi connectivity index (χ1) is 12.3. The number of halogens is 2. The molecule has 140 valence electrons. The minimum absolute atomic E-state index is 0.0975. The summed E-state index contributed by atoms with van der Waals surface area (Å²) in [6.07, 6.45) is 0. The summed E-state index contributed by atoms with van der Waals surface area (Å²) >= 11 is 11.7. The number of hydrogen-bond donors (Lipinski definition) is 0. The van der Waals surface area contributed by atoms with Gasteiger partial charge in [-0.3, -0.25) is 4.79 Å². The number of aromatic nitrogens is 1. The van der Waals surface area contributed by atoms with E-state index >= 15 is 0 Å². The molecule has 0 aliphatic heterocycles. The van der Waals surface area contributed by atoms with Gasteiger partial charge in [0.25, 0.3) is 0 Å². The number of Topliss-reactive ketones (excluding diaryl/α,β-unsaturated/α-hetero) is 1. The smallest absolute Gasteiger partial charge is 0.338 e. The summed E-state index contributed by atoms with van der Waals surface area (Å²) < 4.78 is 12.4. The average molecular weight is 398 g/mol. The average Bonchev–Trinajstić information content (AvgIpc) is 2.89. The first-order valence-electron chi connectivity index (χ1n) is 8.09. The molecule has 1 aromatic heterocycles. The summed E-state index contributed by atoms with van der Waals surface area (Å²) in [5.41, 5.74) is 2.55. The van der Waals surface area contributed by atoms with Gasteiger partial charge in [-0.2, -0.15) is 0 Å². The third kappa shape index (κ3) is 4.47. The van der Waals surface area contributed by atoms with Crippen molar-refractivity contribution in [3.63, 3.8) is 0 Å². The van der Waals surface area contributed by atoms with Crippen LogP contribution >= 0.6 is 23.2 Å². The maximum absolute atomic E-state index is 12.5. The number of esters is 1. The zero-order chi connectivity index (χ0) is 19.4. The molecule has 1 atom stereocenters. The number of methoxy groups -OCH3 is 1. The van der Waals surface area contributed by atoms with E-state index in [1.165, 1.54) is 18.2 Å². The van der Waals surface area contributed by atoms with Crippen LogP contribution in [0.25, 0.3) is 0 Å². The third-order valence-corrected chi connectivity index (χ3v) is 4.86. The van der Waals surface area contributed by atoms with Gasteiger partial charge in [0.15, 0.2) is 6.61 Å². The second-order valence-electron chi connectivity index (χ2n) is 6.09. The monoisotopic (exact) mass is 397 g/mol. The largest absolute Gasteiger partial charge is 0.454 e. The zero-order valence-corrected chi connectivity index (χ0v) is 16.6. The van der Waals surface area contributed by atoms with E-state index in [0.29, 0.717) is 17.2 Å². The molecular weight excluding hydrogens is 377 g/mol. The SMILES string of the molecule is COC[C@H](C)n1c(C)cc(C(=O)COC(=O)c2ccc(Cl)c(Cl)c2)c1C. The van der Waals surface area contributed by atoms with Gasteiger partial charge in [-0.1, -0.05) is 23.2 Å². The molecule has 1 heterocycles. The van der Waals surface area contributed by atoms with Crippen LogP contribution in [0.3, 0.4) is 0 Å². The van der Waals surface area contributed by atoms with E-state index in [9.17, 15) is 9.59 Å². The molecule has 1 aromatic carbocycles. The Labute approximate surface area is 162 Å². The van der Waals surface area contributed by atoms with Crippen molar-refractivity contribution in [2.45, 2.75) is 26.8 Å². The number of nitrogens with zero attached hydrogens (tertiary/aromatic N) is 1. The molecule has 5 nitrogen and oxygen atoms in total. The highest BCUT2D eigenvalue weighted by Gasteiger charge is 2.20. The molecule has 0 saturated carbocycles. The van der Waals surface area contributed by atoms with E-state index in [2.05, 4.69) is 0 Å². The lowest BCUT2D eigenvalue weighted by atomic mass is 10.1. The fourth-order valence-corrected chi connectivity index (χ4v) is 3.27. The lowest BCUT2D eigenvalue weighted by Gasteiger charge is -2.17. The Bertz CT molecular complexity index is 829. The second kappa shape index (κ2) is 8.71. The summed E-state index contributed by atoms with van der Waals surface area (Å²) in [5, 5.41) is 0.597. The fraction of sp³-hybridized carbons (Fsp3) is 0.368. The Hall–Kier alpha value is -1.82. The summed E-state index contributed by atoms with van der Waals surface area (Å²) in [6, 6.07) is 6.32. The topological polar surface area (TPSA) is 57.5 Å². The molecule has 2 rings (SSSR count). The van der Waals surface area contributed by atoms with E-state index in [1.54, 1.807) is 13.2 Å². The van der Waals surface area contributed by atoms with E-state index < -0.39 is 5.97 Å². The van der Waals surface area contributed by atoms with E-state index in [0.717, 1.165) is 11.4 Å². The maximum Gasteiger partial charge on any atom is 0.338 e. The molecule has 0 fully saturated rings. The molecule has 0 saturated heterocycles. The first-order valence-corrected chi connectivity index (χ1v) is 8.84. The van der Waals surface area contributed by atoms with Gasteiger partial charge in [-0.25, -0.2) is 4.79 Å². The Kier molecular flexibility index (Phi) is 6.87. The van der Waals surface area contributed by atoms with Crippen molar-refractivity contribution in [1.29, 1.82) is 0 Å². The van der Waals surface area contributed by atoms with Crippen LogP contribution in [0.1, 0.15) is 45.1 Å². The Balaban J connectivity index is 2.09. The number of hydrogen-bond acceptors (Lipinski definition) is 4. The molecule has 0 N–H and O–H groups in total. The van der Waals surface area contributed by atoms with Gasteiger partial charge in [0.1, 0.15) is 0 Å². The van der Waals surface area contributed by atoms with Gasteiger partial charge in [-0.15, -0.1) is 0 Å². The normalized spacial score (nSPS) is 12.1. The maximum atomic E-state index is 12.5. The molecule has 0 bridgehead atoms. The lowest BCUT2D eigenvalue weighted by Crippen LogP contribution is -2.17. The summed E-state index contributed by atoms with van der Waals surface area (Å²) in [7, 11) is 1.64. The van der Waals surface area contributed by atoms with Crippen molar-refractivity contribution in [2.75, 3.05) is 20.3 Å². The number of ketones is 1. The van der Waals surface area contributed by atoms with Gasteiger partial charge in [0, 0.05) is 24.1 Å². The van der Waals surface area contributed by atoms with Crippen LogP contribution in [0.5, 0.6) is 0 Å². The summed E-state index contributed by atoms with van der Waals surface area (Å²) in [6.45, 7) is 6.01. The van der Waals surface area contributed by atoms with Crippen LogP contribution in [0, 0.1) is 13.8 Å². The molecule has 0 aliphatic carbocycles. The van der Waals surface area contributed by atoms with Crippen molar-refractivity contribution in [2.24, 2.45) is 0 Å². The van der Waals surface area contributed by atoms with E-state index in [1.807, 2.05) is 25.3 Å². The van der Waals surface area contributed by atoms with Gasteiger partial charge in [-0.05, 0) is 45.0 Å². The van der Waals surface area contributed by atoms with Crippen molar-refractivity contribution < 1.29 is 19.1 Å². The predicted molar refractivity (Wildman–Crippen MR) is 102 cm³/mol. The molecule has 0 amide bonds. The van der Waals surface area contributed by atoms with Crippen LogP contribution in [0.15, 0.2) is 24.3 Å². The predicted octanol–water partition coefficient (Wildman–Crippen LogP) is 4.66. The molecule has 0 radical (unpaired) electrons. The Morgan fingerprint density at radius 1 is 1.15 bits per heavy atom. The minimum Gasteiger partial charge on any atom is -0.454 e. The standard InChI is InChI=1S/C19H21Cl2NO4/c1-11-7-15(13(3)22(11)12(2)9-25-4)18(23)10-26-19(24)14-5-6-16(20)17(21)8-14/h5-8,12H,9-10H2,1-4H3/t12-/m0/s1. The number of benzene rings is 1. The van der Waals surface area contributed by atoms with Gasteiger partial charge >= 0.3 is 5.97 Å². The highest BCUT2D eigenvalue weighted by molar-refractivity contribution is 6.42. The van der Waals surface area contributed by atoms with Crippen LogP contribution in [-0.4, -0.2) is 36.6 Å². The Morgan fingerprint density at radius 2 is 1.85 bits per heavy atom. The zero-order valence-electron chi connectivity index (χ0n) is 15.1. The summed E-state index contributed by atoms with van der Waals surface area (Å²) in [5.74, 6) is -0.888. The molecule has 0 spiro atoms. The first kappa shape index (κ1) is 20.5. The van der Waals surface area contributed by atoms with Gasteiger partial charge < -0.3 is 14.0 Å². The van der Waals surface area contributed by atoms with Crippen molar-refractivity contribution in [1.82, 2.24) is 4.57 Å². The van der Waals surface area contributed by atoms with Crippen LogP contribution in [0.2, 0.25) is 10.0 Å². The highest BCUT2D eigenvalue weighted by atomic mass is 35.5. The quantitative estimate of drug-likeness (QED) is 0.503. The molecular formula is C19H21Cl2NO4. The molecule has 7 heteroatoms. The van der Waals surface area contributed by atoms with Crippen molar-refractivity contribution >= 4 is 35.0 Å².